The van der Waals surface area contributed by atoms with Crippen molar-refractivity contribution in [2.24, 2.45) is 0 Å². The smallest absolute Gasteiger partial charge is 0.416 e. The van der Waals surface area contributed by atoms with Crippen LogP contribution in [0.3, 0.4) is 0 Å². The topological polar surface area (TPSA) is 49.3 Å². The van der Waals surface area contributed by atoms with Crippen LogP contribution in [0.1, 0.15) is 24.0 Å². The molecule has 3 nitrogen and oxygen atoms in total. The van der Waals surface area contributed by atoms with E-state index in [0.717, 1.165) is 25.0 Å². The molecule has 1 aromatic rings. The van der Waals surface area contributed by atoms with E-state index in [4.69, 9.17) is 5.11 Å². The van der Waals surface area contributed by atoms with E-state index in [2.05, 4.69) is 5.32 Å². The number of carboxylic acids is 1. The van der Waals surface area contributed by atoms with Crippen molar-refractivity contribution in [3.8, 4) is 0 Å². The zero-order valence-corrected chi connectivity index (χ0v) is 10.6. The van der Waals surface area contributed by atoms with Crippen molar-refractivity contribution in [2.75, 3.05) is 6.54 Å². The van der Waals surface area contributed by atoms with Gasteiger partial charge in [0.25, 0.3) is 0 Å². The molecule has 1 aromatic carbocycles. The van der Waals surface area contributed by atoms with Crippen LogP contribution in [0.15, 0.2) is 29.8 Å². The summed E-state index contributed by atoms with van der Waals surface area (Å²) in [6.45, 7) is 0.209. The molecule has 0 bridgehead atoms. The predicted octanol–water partition coefficient (Wildman–Crippen LogP) is 2.93. The molecule has 0 unspecified atom stereocenters. The van der Waals surface area contributed by atoms with Crippen molar-refractivity contribution in [3.63, 3.8) is 0 Å². The number of hydrogen-bond acceptors (Lipinski definition) is 2. The first-order valence-electron chi connectivity index (χ1n) is 6.21. The Morgan fingerprint density at radius 1 is 1.30 bits per heavy atom. The van der Waals surface area contributed by atoms with Crippen molar-refractivity contribution in [1.29, 1.82) is 0 Å². The second kappa shape index (κ2) is 5.66. The van der Waals surface area contributed by atoms with E-state index in [0.29, 0.717) is 11.6 Å². The Bertz CT molecular complexity index is 516. The molecule has 0 aliphatic heterocycles. The summed E-state index contributed by atoms with van der Waals surface area (Å²) in [5, 5.41) is 12.1. The highest BCUT2D eigenvalue weighted by Crippen LogP contribution is 2.29. The highest BCUT2D eigenvalue weighted by molar-refractivity contribution is 5.92. The van der Waals surface area contributed by atoms with E-state index in [1.807, 2.05) is 0 Å². The van der Waals surface area contributed by atoms with E-state index in [1.54, 1.807) is 0 Å². The number of nitrogens with one attached hydrogen (secondary N) is 1. The summed E-state index contributed by atoms with van der Waals surface area (Å²) < 4.78 is 37.2. The molecular formula is C14H14F3NO2. The number of alkyl halides is 3. The number of rotatable bonds is 5. The first kappa shape index (κ1) is 14.6. The largest absolute Gasteiger partial charge is 0.478 e. The van der Waals surface area contributed by atoms with Crippen molar-refractivity contribution in [3.05, 3.63) is 41.0 Å². The van der Waals surface area contributed by atoms with Crippen molar-refractivity contribution in [1.82, 2.24) is 5.32 Å². The summed E-state index contributed by atoms with van der Waals surface area (Å²) in [6, 6.07) is 4.79. The lowest BCUT2D eigenvalue weighted by molar-refractivity contribution is -0.137. The van der Waals surface area contributed by atoms with E-state index in [1.165, 1.54) is 18.2 Å². The third-order valence-electron chi connectivity index (χ3n) is 3.01. The molecule has 0 radical (unpaired) electrons. The van der Waals surface area contributed by atoms with Crippen LogP contribution in [-0.2, 0) is 11.0 Å². The Kier molecular flexibility index (Phi) is 4.13. The zero-order chi connectivity index (χ0) is 14.8. The van der Waals surface area contributed by atoms with Gasteiger partial charge >= 0.3 is 12.1 Å². The second-order valence-corrected chi connectivity index (χ2v) is 4.75. The fraction of sp³-hybridized carbons (Fsp3) is 0.357. The molecule has 0 saturated heterocycles. The predicted molar refractivity (Wildman–Crippen MR) is 68.1 cm³/mol. The monoisotopic (exact) mass is 285 g/mol. The molecular weight excluding hydrogens is 271 g/mol. The first-order chi connectivity index (χ1) is 9.36. The Morgan fingerprint density at radius 3 is 2.35 bits per heavy atom. The molecule has 0 aromatic heterocycles. The normalized spacial score (nSPS) is 16.2. The Balaban J connectivity index is 2.11. The van der Waals surface area contributed by atoms with Gasteiger partial charge in [-0.05, 0) is 36.6 Å². The molecule has 2 rings (SSSR count). The van der Waals surface area contributed by atoms with Crippen LogP contribution in [0.4, 0.5) is 13.2 Å². The summed E-state index contributed by atoms with van der Waals surface area (Å²) in [7, 11) is 0. The lowest BCUT2D eigenvalue weighted by Gasteiger charge is -2.07. The van der Waals surface area contributed by atoms with Gasteiger partial charge in [-0.3, -0.25) is 0 Å². The number of carboxylic acid groups (broad SMARTS) is 1. The van der Waals surface area contributed by atoms with E-state index < -0.39 is 17.7 Å². The highest BCUT2D eigenvalue weighted by Gasteiger charge is 2.29. The van der Waals surface area contributed by atoms with Gasteiger partial charge in [-0.15, -0.1) is 0 Å². The van der Waals surface area contributed by atoms with Gasteiger partial charge in [-0.2, -0.15) is 13.2 Å². The summed E-state index contributed by atoms with van der Waals surface area (Å²) >= 11 is 0. The van der Waals surface area contributed by atoms with Gasteiger partial charge in [0.15, 0.2) is 0 Å². The van der Waals surface area contributed by atoms with Gasteiger partial charge in [0.2, 0.25) is 0 Å². The third-order valence-corrected chi connectivity index (χ3v) is 3.01. The molecule has 1 fully saturated rings. The number of halogens is 3. The molecule has 6 heteroatoms. The van der Waals surface area contributed by atoms with E-state index in [-0.39, 0.29) is 12.1 Å². The summed E-state index contributed by atoms with van der Waals surface area (Å²) in [4.78, 5) is 11.1. The Labute approximate surface area is 114 Å². The minimum atomic E-state index is -4.38. The molecule has 20 heavy (non-hydrogen) atoms. The van der Waals surface area contributed by atoms with Gasteiger partial charge < -0.3 is 10.4 Å². The van der Waals surface area contributed by atoms with Crippen LogP contribution < -0.4 is 5.32 Å². The van der Waals surface area contributed by atoms with Crippen LogP contribution in [0, 0.1) is 0 Å². The van der Waals surface area contributed by atoms with Gasteiger partial charge in [0.05, 0.1) is 11.1 Å². The summed E-state index contributed by atoms with van der Waals surface area (Å²) in [5.74, 6) is -1.07. The molecule has 1 aliphatic rings. The van der Waals surface area contributed by atoms with Crippen LogP contribution in [0.25, 0.3) is 6.08 Å². The number of aliphatic carboxylic acids is 1. The Morgan fingerprint density at radius 2 is 1.90 bits per heavy atom. The zero-order valence-electron chi connectivity index (χ0n) is 10.6. The first-order valence-corrected chi connectivity index (χ1v) is 6.21. The third kappa shape index (κ3) is 4.09. The summed E-state index contributed by atoms with van der Waals surface area (Å²) in [5.41, 5.74) is -0.174. The van der Waals surface area contributed by atoms with Crippen LogP contribution >= 0.6 is 0 Å². The molecule has 1 aliphatic carbocycles. The molecule has 0 atom stereocenters. The van der Waals surface area contributed by atoms with Gasteiger partial charge in [-0.1, -0.05) is 12.1 Å². The van der Waals surface area contributed by atoms with Gasteiger partial charge in [0, 0.05) is 12.6 Å². The molecule has 0 spiro atoms. The Hall–Kier alpha value is -1.82. The standard InChI is InChI=1S/C14H14F3NO2/c15-14(16,17)11-3-1-9(2-4-11)7-10(13(19)20)8-18-12-5-6-12/h1-4,7,12,18H,5-6,8H2,(H,19,20)/b10-7+. The summed E-state index contributed by atoms with van der Waals surface area (Å²) in [6.07, 6.45) is -0.927. The van der Waals surface area contributed by atoms with Crippen LogP contribution in [0.2, 0.25) is 0 Å². The van der Waals surface area contributed by atoms with E-state index >= 15 is 0 Å². The lowest BCUT2D eigenvalue weighted by Crippen LogP contribution is -2.22. The fourth-order valence-electron chi connectivity index (χ4n) is 1.70. The van der Waals surface area contributed by atoms with E-state index in [9.17, 15) is 18.0 Å². The molecule has 1 saturated carbocycles. The maximum absolute atomic E-state index is 12.4. The lowest BCUT2D eigenvalue weighted by atomic mass is 10.1. The number of benzene rings is 1. The van der Waals surface area contributed by atoms with Crippen LogP contribution in [0.5, 0.6) is 0 Å². The maximum atomic E-state index is 12.4. The van der Waals surface area contributed by atoms with Crippen molar-refractivity contribution in [2.45, 2.75) is 25.1 Å². The molecule has 108 valence electrons. The maximum Gasteiger partial charge on any atom is 0.416 e. The second-order valence-electron chi connectivity index (χ2n) is 4.75. The minimum absolute atomic E-state index is 0.136. The average molecular weight is 285 g/mol. The average Bonchev–Trinajstić information content (AvgIpc) is 3.17. The molecule has 0 amide bonds. The quantitative estimate of drug-likeness (QED) is 0.818. The highest BCUT2D eigenvalue weighted by atomic mass is 19.4. The van der Waals surface area contributed by atoms with Gasteiger partial charge in [-0.25, -0.2) is 4.79 Å². The molecule has 2 N–H and O–H groups in total. The van der Waals surface area contributed by atoms with Crippen LogP contribution in [-0.4, -0.2) is 23.7 Å². The van der Waals surface area contributed by atoms with Gasteiger partial charge in [0.1, 0.15) is 0 Å². The molecule has 0 heterocycles. The van der Waals surface area contributed by atoms with Crippen molar-refractivity contribution >= 4 is 12.0 Å². The SMILES string of the molecule is O=C(O)/C(=C/c1ccc(C(F)(F)F)cc1)CNC1CC1. The van der Waals surface area contributed by atoms with Crippen molar-refractivity contribution < 1.29 is 23.1 Å². The fourth-order valence-corrected chi connectivity index (χ4v) is 1.70. The number of carbonyl (C=O) groups is 1. The minimum Gasteiger partial charge on any atom is -0.478 e. The number of hydrogen-bond donors (Lipinski definition) is 2.